The maximum absolute atomic E-state index is 11.8. The van der Waals surface area contributed by atoms with Gasteiger partial charge in [-0.1, -0.05) is 54.6 Å². The van der Waals surface area contributed by atoms with Crippen LogP contribution < -0.4 is 0 Å². The summed E-state index contributed by atoms with van der Waals surface area (Å²) in [5.74, 6) is -0.117. The number of hydrogen-bond acceptors (Lipinski definition) is 2. The summed E-state index contributed by atoms with van der Waals surface area (Å²) in [6, 6.07) is 9.13. The second kappa shape index (κ2) is 5.21. The molecule has 2 nitrogen and oxygen atoms in total. The Balaban J connectivity index is 2.07. The summed E-state index contributed by atoms with van der Waals surface area (Å²) in [7, 11) is 0. The highest BCUT2D eigenvalue weighted by atomic mass is 16.1. The molecule has 0 aliphatic heterocycles. The minimum atomic E-state index is -0.0901. The van der Waals surface area contributed by atoms with Crippen LogP contribution in [0.1, 0.15) is 10.4 Å². The summed E-state index contributed by atoms with van der Waals surface area (Å²) >= 11 is 0. The Kier molecular flexibility index (Phi) is 3.46. The van der Waals surface area contributed by atoms with E-state index in [0.29, 0.717) is 11.3 Å². The van der Waals surface area contributed by atoms with Crippen LogP contribution in [0.25, 0.3) is 0 Å². The number of benzene rings is 1. The van der Waals surface area contributed by atoms with Gasteiger partial charge in [-0.25, -0.2) is 0 Å². The van der Waals surface area contributed by atoms with Crippen molar-refractivity contribution in [2.24, 2.45) is 5.92 Å². The number of rotatable bonds is 3. The zero-order valence-corrected chi connectivity index (χ0v) is 9.34. The van der Waals surface area contributed by atoms with Gasteiger partial charge >= 0.3 is 0 Å². The molecule has 1 aliphatic rings. The Labute approximate surface area is 100 Å². The van der Waals surface area contributed by atoms with E-state index in [1.807, 2.05) is 36.4 Å². The van der Waals surface area contributed by atoms with Crippen molar-refractivity contribution in [2.75, 3.05) is 0 Å². The summed E-state index contributed by atoms with van der Waals surface area (Å²) in [4.78, 5) is 11.8. The molecule has 0 fully saturated rings. The molecule has 0 radical (unpaired) electrons. The van der Waals surface area contributed by atoms with Crippen LogP contribution in [-0.4, -0.2) is 11.5 Å². The molecule has 0 aromatic heterocycles. The van der Waals surface area contributed by atoms with Gasteiger partial charge in [0.25, 0.3) is 0 Å². The van der Waals surface area contributed by atoms with Crippen LogP contribution in [0.3, 0.4) is 0 Å². The van der Waals surface area contributed by atoms with E-state index in [1.54, 1.807) is 24.3 Å². The third-order valence-corrected chi connectivity index (χ3v) is 2.58. The molecule has 0 spiro atoms. The van der Waals surface area contributed by atoms with Gasteiger partial charge in [0.05, 0.1) is 0 Å². The summed E-state index contributed by atoms with van der Waals surface area (Å²) < 4.78 is 0. The molecular weight excluding hydrogens is 210 g/mol. The lowest BCUT2D eigenvalue weighted by Gasteiger charge is -2.08. The van der Waals surface area contributed by atoms with E-state index in [1.165, 1.54) is 6.08 Å². The molecule has 0 amide bonds. The lowest BCUT2D eigenvalue weighted by molar-refractivity contribution is 0.104. The molecule has 0 heterocycles. The van der Waals surface area contributed by atoms with E-state index in [9.17, 15) is 4.79 Å². The Hall–Kier alpha value is -2.22. The van der Waals surface area contributed by atoms with Crippen LogP contribution in [-0.2, 0) is 0 Å². The minimum absolute atomic E-state index is 0.0265. The molecule has 1 N–H and O–H groups in total. The van der Waals surface area contributed by atoms with E-state index < -0.39 is 0 Å². The van der Waals surface area contributed by atoms with E-state index in [0.717, 1.165) is 0 Å². The van der Waals surface area contributed by atoms with Crippen molar-refractivity contribution in [3.8, 4) is 0 Å². The lowest BCUT2D eigenvalue weighted by Crippen LogP contribution is -2.08. The molecule has 84 valence electrons. The lowest BCUT2D eigenvalue weighted by atomic mass is 9.97. The predicted octanol–water partition coefficient (Wildman–Crippen LogP) is 3.19. The topological polar surface area (TPSA) is 40.9 Å². The highest BCUT2D eigenvalue weighted by Crippen LogP contribution is 2.10. The summed E-state index contributed by atoms with van der Waals surface area (Å²) in [5, 5.41) is 7.69. The van der Waals surface area contributed by atoms with Gasteiger partial charge in [0.2, 0.25) is 0 Å². The molecule has 17 heavy (non-hydrogen) atoms. The molecule has 1 aromatic rings. The zero-order valence-electron chi connectivity index (χ0n) is 9.34. The van der Waals surface area contributed by atoms with E-state index in [-0.39, 0.29) is 11.7 Å². The standard InChI is InChI=1S/C15H13NO/c16-14-9-5-4-6-12(14)10-11-15(17)13-7-2-1-3-8-13/h1-12,16H. The van der Waals surface area contributed by atoms with Gasteiger partial charge in [0.1, 0.15) is 0 Å². The van der Waals surface area contributed by atoms with Gasteiger partial charge in [-0.2, -0.15) is 0 Å². The summed E-state index contributed by atoms with van der Waals surface area (Å²) in [5.41, 5.74) is 1.18. The van der Waals surface area contributed by atoms with Crippen LogP contribution >= 0.6 is 0 Å². The molecule has 0 saturated carbocycles. The third-order valence-electron chi connectivity index (χ3n) is 2.58. The highest BCUT2D eigenvalue weighted by Gasteiger charge is 2.08. The number of hydrogen-bond donors (Lipinski definition) is 1. The first-order valence-electron chi connectivity index (χ1n) is 5.48. The van der Waals surface area contributed by atoms with E-state index >= 15 is 0 Å². The van der Waals surface area contributed by atoms with Gasteiger partial charge in [-0.3, -0.25) is 4.79 Å². The van der Waals surface area contributed by atoms with Gasteiger partial charge in [0.15, 0.2) is 5.78 Å². The Morgan fingerprint density at radius 2 is 1.94 bits per heavy atom. The van der Waals surface area contributed by atoms with Crippen LogP contribution in [0.15, 0.2) is 66.8 Å². The Bertz CT molecular complexity index is 509. The fourth-order valence-electron chi connectivity index (χ4n) is 1.62. The molecule has 2 heteroatoms. The summed E-state index contributed by atoms with van der Waals surface area (Å²) in [6.45, 7) is 0. The third kappa shape index (κ3) is 2.88. The largest absolute Gasteiger partial charge is 0.304 e. The van der Waals surface area contributed by atoms with Gasteiger partial charge in [-0.15, -0.1) is 0 Å². The van der Waals surface area contributed by atoms with Crippen molar-refractivity contribution >= 4 is 11.5 Å². The molecule has 1 aromatic carbocycles. The first-order chi connectivity index (χ1) is 8.27. The average molecular weight is 223 g/mol. The van der Waals surface area contributed by atoms with Gasteiger partial charge in [0, 0.05) is 17.2 Å². The molecule has 0 saturated heterocycles. The van der Waals surface area contributed by atoms with Crippen molar-refractivity contribution in [3.63, 3.8) is 0 Å². The maximum atomic E-state index is 11.8. The number of allylic oxidation sites excluding steroid dienone is 6. The highest BCUT2D eigenvalue weighted by molar-refractivity contribution is 6.05. The number of nitrogens with one attached hydrogen (secondary N) is 1. The SMILES string of the molecule is N=C1C=CC=CC1C=CC(=O)c1ccccc1. The first-order valence-corrected chi connectivity index (χ1v) is 5.48. The van der Waals surface area contributed by atoms with Crippen molar-refractivity contribution in [3.05, 3.63) is 72.4 Å². The number of ketones is 1. The average Bonchev–Trinajstić information content (AvgIpc) is 2.38. The monoisotopic (exact) mass is 223 g/mol. The number of carbonyl (C=O) groups is 1. The van der Waals surface area contributed by atoms with Crippen molar-refractivity contribution in [2.45, 2.75) is 0 Å². The van der Waals surface area contributed by atoms with Crippen LogP contribution in [0.2, 0.25) is 0 Å². The molecule has 0 bridgehead atoms. The predicted molar refractivity (Wildman–Crippen MR) is 69.4 cm³/mol. The second-order valence-electron chi connectivity index (χ2n) is 3.81. The van der Waals surface area contributed by atoms with Gasteiger partial charge in [-0.05, 0) is 12.2 Å². The van der Waals surface area contributed by atoms with Crippen LogP contribution in [0.5, 0.6) is 0 Å². The quantitative estimate of drug-likeness (QED) is 0.620. The van der Waals surface area contributed by atoms with Gasteiger partial charge < -0.3 is 5.41 Å². The van der Waals surface area contributed by atoms with E-state index in [4.69, 9.17) is 5.41 Å². The number of carbonyl (C=O) groups excluding carboxylic acids is 1. The van der Waals surface area contributed by atoms with Crippen molar-refractivity contribution < 1.29 is 4.79 Å². The molecule has 1 atom stereocenters. The fourth-order valence-corrected chi connectivity index (χ4v) is 1.62. The Morgan fingerprint density at radius 1 is 1.18 bits per heavy atom. The summed E-state index contributed by atoms with van der Waals surface area (Å²) in [6.07, 6.45) is 10.7. The van der Waals surface area contributed by atoms with Crippen LogP contribution in [0.4, 0.5) is 0 Å². The zero-order chi connectivity index (χ0) is 12.1. The minimum Gasteiger partial charge on any atom is -0.304 e. The molecule has 2 rings (SSSR count). The molecule has 1 aliphatic carbocycles. The normalized spacial score (nSPS) is 18.8. The van der Waals surface area contributed by atoms with Crippen LogP contribution in [0, 0.1) is 11.3 Å². The fraction of sp³-hybridized carbons (Fsp3) is 0.0667. The Morgan fingerprint density at radius 3 is 2.65 bits per heavy atom. The van der Waals surface area contributed by atoms with Crippen molar-refractivity contribution in [1.29, 1.82) is 5.41 Å². The first kappa shape index (κ1) is 11.3. The molecular formula is C15H13NO. The molecule has 1 unspecified atom stereocenters. The van der Waals surface area contributed by atoms with Crippen molar-refractivity contribution in [1.82, 2.24) is 0 Å². The maximum Gasteiger partial charge on any atom is 0.185 e. The van der Waals surface area contributed by atoms with E-state index in [2.05, 4.69) is 0 Å². The smallest absolute Gasteiger partial charge is 0.185 e. The second-order valence-corrected chi connectivity index (χ2v) is 3.81.